The highest BCUT2D eigenvalue weighted by molar-refractivity contribution is 9.10. The highest BCUT2D eigenvalue weighted by atomic mass is 79.9. The molecule has 3 nitrogen and oxygen atoms in total. The fourth-order valence-corrected chi connectivity index (χ4v) is 3.24. The van der Waals surface area contributed by atoms with Crippen LogP contribution in [0.3, 0.4) is 0 Å². The van der Waals surface area contributed by atoms with Crippen molar-refractivity contribution < 1.29 is 4.79 Å². The number of hydrogen-bond donors (Lipinski definition) is 1. The van der Waals surface area contributed by atoms with Gasteiger partial charge in [-0.3, -0.25) is 9.78 Å². The predicted octanol–water partition coefficient (Wildman–Crippen LogP) is 2.10. The lowest BCUT2D eigenvalue weighted by atomic mass is 9.84. The summed E-state index contributed by atoms with van der Waals surface area (Å²) >= 11 is 3.35. The first-order valence-electron chi connectivity index (χ1n) is 6.11. The van der Waals surface area contributed by atoms with E-state index in [-0.39, 0.29) is 5.92 Å². The maximum absolute atomic E-state index is 12.2. The molecule has 0 aliphatic carbocycles. The highest BCUT2D eigenvalue weighted by Crippen LogP contribution is 2.34. The second kappa shape index (κ2) is 4.50. The van der Waals surface area contributed by atoms with Crippen molar-refractivity contribution in [2.45, 2.75) is 37.8 Å². The van der Waals surface area contributed by atoms with E-state index in [0.717, 1.165) is 23.0 Å². The zero-order valence-electron chi connectivity index (χ0n) is 9.53. The van der Waals surface area contributed by atoms with E-state index in [0.29, 0.717) is 24.3 Å². The third kappa shape index (κ3) is 2.29. The molecule has 2 fully saturated rings. The summed E-state index contributed by atoms with van der Waals surface area (Å²) in [6.45, 7) is 0. The molecule has 2 bridgehead atoms. The van der Waals surface area contributed by atoms with Crippen molar-refractivity contribution in [2.24, 2.45) is 5.92 Å². The average molecular weight is 295 g/mol. The Labute approximate surface area is 109 Å². The predicted molar refractivity (Wildman–Crippen MR) is 68.7 cm³/mol. The van der Waals surface area contributed by atoms with Crippen LogP contribution in [-0.2, 0) is 11.2 Å². The van der Waals surface area contributed by atoms with Gasteiger partial charge in [0.1, 0.15) is 5.78 Å². The standard InChI is InChI=1S/C13H15BrN2O/c14-8-1-2-9(15-7-8)6-13(17)11-5-10-3-4-12(11)16-10/h1-2,7,10-12,16H,3-6H2. The largest absolute Gasteiger partial charge is 0.310 e. The second-order valence-corrected chi connectivity index (χ2v) is 5.92. The van der Waals surface area contributed by atoms with E-state index >= 15 is 0 Å². The third-order valence-corrected chi connectivity index (χ3v) is 4.33. The number of fused-ring (bicyclic) bond motifs is 2. The summed E-state index contributed by atoms with van der Waals surface area (Å²) in [6.07, 6.45) is 5.66. The number of halogens is 1. The molecule has 4 heteroatoms. The normalized spacial score (nSPS) is 30.8. The minimum absolute atomic E-state index is 0.221. The van der Waals surface area contributed by atoms with Crippen LogP contribution in [0.1, 0.15) is 25.0 Å². The van der Waals surface area contributed by atoms with Gasteiger partial charge in [0.2, 0.25) is 0 Å². The van der Waals surface area contributed by atoms with Crippen LogP contribution in [0.25, 0.3) is 0 Å². The van der Waals surface area contributed by atoms with Gasteiger partial charge in [0.15, 0.2) is 0 Å². The molecule has 3 rings (SSSR count). The molecule has 3 unspecified atom stereocenters. The number of hydrogen-bond acceptors (Lipinski definition) is 3. The number of Topliss-reactive ketones (excluding diaryl/α,β-unsaturated/α-hetero) is 1. The number of pyridine rings is 1. The van der Waals surface area contributed by atoms with Gasteiger partial charge in [-0.05, 0) is 47.3 Å². The molecule has 0 saturated carbocycles. The molecular weight excluding hydrogens is 280 g/mol. The molecule has 17 heavy (non-hydrogen) atoms. The Morgan fingerprint density at radius 3 is 2.94 bits per heavy atom. The Morgan fingerprint density at radius 2 is 2.35 bits per heavy atom. The van der Waals surface area contributed by atoms with Crippen molar-refractivity contribution in [3.05, 3.63) is 28.5 Å². The molecule has 2 aliphatic heterocycles. The van der Waals surface area contributed by atoms with Crippen LogP contribution in [0.4, 0.5) is 0 Å². The molecule has 0 aromatic carbocycles. The smallest absolute Gasteiger partial charge is 0.143 e. The van der Waals surface area contributed by atoms with E-state index in [9.17, 15) is 4.79 Å². The number of rotatable bonds is 3. The van der Waals surface area contributed by atoms with E-state index in [1.54, 1.807) is 6.20 Å². The molecular formula is C13H15BrN2O. The van der Waals surface area contributed by atoms with Crippen LogP contribution in [0.5, 0.6) is 0 Å². The third-order valence-electron chi connectivity index (χ3n) is 3.86. The Hall–Kier alpha value is -0.740. The number of nitrogens with one attached hydrogen (secondary N) is 1. The molecule has 90 valence electrons. The van der Waals surface area contributed by atoms with Crippen molar-refractivity contribution in [1.29, 1.82) is 0 Å². The minimum Gasteiger partial charge on any atom is -0.310 e. The van der Waals surface area contributed by atoms with E-state index in [4.69, 9.17) is 0 Å². The van der Waals surface area contributed by atoms with Gasteiger partial charge in [0, 0.05) is 40.8 Å². The molecule has 2 aliphatic rings. The Kier molecular flexibility index (Phi) is 3.01. The van der Waals surface area contributed by atoms with Crippen LogP contribution in [0.2, 0.25) is 0 Å². The fourth-order valence-electron chi connectivity index (χ4n) is 3.00. The van der Waals surface area contributed by atoms with Crippen LogP contribution in [0.15, 0.2) is 22.8 Å². The highest BCUT2D eigenvalue weighted by Gasteiger charge is 2.42. The molecule has 1 N–H and O–H groups in total. The summed E-state index contributed by atoms with van der Waals surface area (Å²) in [6, 6.07) is 4.88. The number of aromatic nitrogens is 1. The zero-order chi connectivity index (χ0) is 11.8. The first kappa shape index (κ1) is 11.4. The molecule has 1 aromatic rings. The van der Waals surface area contributed by atoms with Crippen LogP contribution < -0.4 is 5.32 Å². The average Bonchev–Trinajstić information content (AvgIpc) is 2.94. The summed E-state index contributed by atoms with van der Waals surface area (Å²) in [5, 5.41) is 3.50. The van der Waals surface area contributed by atoms with Gasteiger partial charge in [-0.15, -0.1) is 0 Å². The van der Waals surface area contributed by atoms with E-state index < -0.39 is 0 Å². The van der Waals surface area contributed by atoms with Gasteiger partial charge in [0.25, 0.3) is 0 Å². The van der Waals surface area contributed by atoms with Crippen LogP contribution in [0, 0.1) is 5.92 Å². The summed E-state index contributed by atoms with van der Waals surface area (Å²) in [5.41, 5.74) is 0.876. The molecule has 0 amide bonds. The van der Waals surface area contributed by atoms with Gasteiger partial charge in [-0.25, -0.2) is 0 Å². The van der Waals surface area contributed by atoms with Crippen LogP contribution in [-0.4, -0.2) is 22.9 Å². The van der Waals surface area contributed by atoms with Crippen molar-refractivity contribution in [1.82, 2.24) is 10.3 Å². The summed E-state index contributed by atoms with van der Waals surface area (Å²) in [4.78, 5) is 16.5. The second-order valence-electron chi connectivity index (χ2n) is 5.00. The van der Waals surface area contributed by atoms with E-state index in [2.05, 4.69) is 26.2 Å². The topological polar surface area (TPSA) is 42.0 Å². The van der Waals surface area contributed by atoms with Crippen LogP contribution >= 0.6 is 15.9 Å². The van der Waals surface area contributed by atoms with Gasteiger partial charge in [0.05, 0.1) is 0 Å². The number of nitrogens with zero attached hydrogens (tertiary/aromatic N) is 1. The SMILES string of the molecule is O=C(Cc1ccc(Br)cn1)C1CC2CCC1N2. The van der Waals surface area contributed by atoms with Crippen molar-refractivity contribution in [2.75, 3.05) is 0 Å². The first-order chi connectivity index (χ1) is 8.22. The zero-order valence-corrected chi connectivity index (χ0v) is 11.1. The summed E-state index contributed by atoms with van der Waals surface area (Å²) < 4.78 is 0.954. The molecule has 3 heterocycles. The van der Waals surface area contributed by atoms with Gasteiger partial charge in [-0.2, -0.15) is 0 Å². The monoisotopic (exact) mass is 294 g/mol. The van der Waals surface area contributed by atoms with Gasteiger partial charge < -0.3 is 5.32 Å². The Morgan fingerprint density at radius 1 is 1.47 bits per heavy atom. The first-order valence-corrected chi connectivity index (χ1v) is 6.91. The lowest BCUT2D eigenvalue weighted by molar-refractivity contribution is -0.122. The lowest BCUT2D eigenvalue weighted by Gasteiger charge is -2.18. The van der Waals surface area contributed by atoms with Crippen molar-refractivity contribution in [3.8, 4) is 0 Å². The number of ketones is 1. The molecule has 1 aromatic heterocycles. The van der Waals surface area contributed by atoms with Gasteiger partial charge in [-0.1, -0.05) is 0 Å². The van der Waals surface area contributed by atoms with Gasteiger partial charge >= 0.3 is 0 Å². The summed E-state index contributed by atoms with van der Waals surface area (Å²) in [5.74, 6) is 0.568. The van der Waals surface area contributed by atoms with E-state index in [1.165, 1.54) is 6.42 Å². The van der Waals surface area contributed by atoms with E-state index in [1.807, 2.05) is 12.1 Å². The minimum atomic E-state index is 0.221. The molecule has 0 spiro atoms. The maximum Gasteiger partial charge on any atom is 0.143 e. The number of carbonyl (C=O) groups excluding carboxylic acids is 1. The molecule has 0 radical (unpaired) electrons. The number of carbonyl (C=O) groups is 1. The van der Waals surface area contributed by atoms with Crippen molar-refractivity contribution in [3.63, 3.8) is 0 Å². The van der Waals surface area contributed by atoms with Crippen molar-refractivity contribution >= 4 is 21.7 Å². The Balaban J connectivity index is 1.65. The fraction of sp³-hybridized carbons (Fsp3) is 0.538. The Bertz CT molecular complexity index is 432. The summed E-state index contributed by atoms with van der Waals surface area (Å²) in [7, 11) is 0. The maximum atomic E-state index is 12.2. The lowest BCUT2D eigenvalue weighted by Crippen LogP contribution is -2.29. The molecule has 2 saturated heterocycles. The molecule has 3 atom stereocenters. The quantitative estimate of drug-likeness (QED) is 0.928.